The van der Waals surface area contributed by atoms with Crippen molar-refractivity contribution < 1.29 is 14.3 Å². The third-order valence-corrected chi connectivity index (χ3v) is 4.85. The number of aromatic nitrogens is 3. The van der Waals surface area contributed by atoms with Crippen molar-refractivity contribution in [3.63, 3.8) is 0 Å². The molecule has 0 unspecified atom stereocenters. The van der Waals surface area contributed by atoms with Crippen LogP contribution in [-0.4, -0.2) is 27.9 Å². The summed E-state index contributed by atoms with van der Waals surface area (Å²) in [4.78, 5) is 11.1. The van der Waals surface area contributed by atoms with E-state index >= 15 is 0 Å². The number of ketones is 1. The Kier molecular flexibility index (Phi) is 6.41. The van der Waals surface area contributed by atoms with Gasteiger partial charge in [-0.15, -0.1) is 5.10 Å². The lowest BCUT2D eigenvalue weighted by Gasteiger charge is -2.10. The zero-order chi connectivity index (χ0) is 22.3. The van der Waals surface area contributed by atoms with E-state index in [1.807, 2.05) is 54.7 Å². The summed E-state index contributed by atoms with van der Waals surface area (Å²) >= 11 is 0. The minimum atomic E-state index is -0.0120. The second-order valence-electron chi connectivity index (χ2n) is 7.21. The molecule has 0 N–H and O–H groups in total. The van der Waals surface area contributed by atoms with Gasteiger partial charge < -0.3 is 9.47 Å². The van der Waals surface area contributed by atoms with Crippen molar-refractivity contribution in [3.8, 4) is 28.3 Å². The Morgan fingerprint density at radius 3 is 2.44 bits per heavy atom. The molecule has 160 valence electrons. The van der Waals surface area contributed by atoms with Crippen LogP contribution in [0, 0.1) is 0 Å². The minimum Gasteiger partial charge on any atom is -0.493 e. The van der Waals surface area contributed by atoms with E-state index in [9.17, 15) is 4.79 Å². The fourth-order valence-electron chi connectivity index (χ4n) is 3.20. The average Bonchev–Trinajstić information content (AvgIpc) is 3.31. The maximum Gasteiger partial charge on any atom is 0.161 e. The van der Waals surface area contributed by atoms with Gasteiger partial charge in [0.05, 0.1) is 19.0 Å². The molecule has 0 bridgehead atoms. The van der Waals surface area contributed by atoms with Gasteiger partial charge in [0.15, 0.2) is 17.3 Å². The molecular weight excluding hydrogens is 402 g/mol. The highest BCUT2D eigenvalue weighted by molar-refractivity contribution is 5.91. The maximum atomic E-state index is 11.1. The highest BCUT2D eigenvalue weighted by atomic mass is 16.5. The van der Waals surface area contributed by atoms with Crippen LogP contribution in [-0.2, 0) is 11.4 Å². The Morgan fingerprint density at radius 1 is 0.969 bits per heavy atom. The van der Waals surface area contributed by atoms with E-state index in [1.54, 1.807) is 17.9 Å². The van der Waals surface area contributed by atoms with Crippen LogP contribution in [0.5, 0.6) is 11.5 Å². The Labute approximate surface area is 186 Å². The molecule has 1 heterocycles. The van der Waals surface area contributed by atoms with Crippen molar-refractivity contribution >= 4 is 11.9 Å². The lowest BCUT2D eigenvalue weighted by molar-refractivity contribution is -0.112. The smallest absolute Gasteiger partial charge is 0.161 e. The fourth-order valence-corrected chi connectivity index (χ4v) is 3.20. The molecule has 0 radical (unpaired) electrons. The van der Waals surface area contributed by atoms with Crippen molar-refractivity contribution in [2.75, 3.05) is 7.11 Å². The number of methoxy groups -OCH3 is 1. The molecule has 0 aliphatic rings. The number of benzene rings is 3. The summed E-state index contributed by atoms with van der Waals surface area (Å²) < 4.78 is 13.0. The van der Waals surface area contributed by atoms with Gasteiger partial charge in [-0.25, -0.2) is 4.68 Å². The second kappa shape index (κ2) is 9.75. The number of rotatable bonds is 8. The molecule has 4 rings (SSSR count). The van der Waals surface area contributed by atoms with E-state index in [0.717, 1.165) is 16.8 Å². The first-order valence-corrected chi connectivity index (χ1v) is 10.2. The summed E-state index contributed by atoms with van der Waals surface area (Å²) in [5.74, 6) is 1.16. The molecule has 0 saturated heterocycles. The van der Waals surface area contributed by atoms with Gasteiger partial charge in [-0.3, -0.25) is 4.79 Å². The second-order valence-corrected chi connectivity index (χ2v) is 7.21. The Balaban J connectivity index is 1.43. The molecule has 0 amide bonds. The molecule has 6 nitrogen and oxygen atoms in total. The molecule has 0 spiro atoms. The van der Waals surface area contributed by atoms with Crippen LogP contribution in [0.2, 0.25) is 0 Å². The lowest BCUT2D eigenvalue weighted by atomic mass is 10.1. The van der Waals surface area contributed by atoms with Gasteiger partial charge in [-0.1, -0.05) is 59.8 Å². The number of carbonyl (C=O) groups is 1. The van der Waals surface area contributed by atoms with Gasteiger partial charge in [-0.2, -0.15) is 0 Å². The molecule has 3 aromatic carbocycles. The van der Waals surface area contributed by atoms with Crippen molar-refractivity contribution in [1.82, 2.24) is 15.0 Å². The van der Waals surface area contributed by atoms with Crippen LogP contribution in [0.4, 0.5) is 0 Å². The standard InChI is InChI=1S/C26H23N3O3/c1-19(30)8-9-20-10-15-25(26(16-20)31-2)32-18-23-17-29(28-27-23)24-13-11-22(12-14-24)21-6-4-3-5-7-21/h3-17H,18H2,1-2H3/b9-8+. The van der Waals surface area contributed by atoms with Gasteiger partial charge in [0.2, 0.25) is 0 Å². The van der Waals surface area contributed by atoms with Crippen molar-refractivity contribution in [2.45, 2.75) is 13.5 Å². The zero-order valence-electron chi connectivity index (χ0n) is 17.9. The first-order valence-electron chi connectivity index (χ1n) is 10.2. The van der Waals surface area contributed by atoms with Crippen molar-refractivity contribution in [2.24, 2.45) is 0 Å². The number of carbonyl (C=O) groups excluding carboxylic acids is 1. The summed E-state index contributed by atoms with van der Waals surface area (Å²) in [7, 11) is 1.58. The predicted molar refractivity (Wildman–Crippen MR) is 124 cm³/mol. The molecule has 6 heteroatoms. The van der Waals surface area contributed by atoms with Crippen molar-refractivity contribution in [1.29, 1.82) is 0 Å². The number of hydrogen-bond acceptors (Lipinski definition) is 5. The first kappa shape index (κ1) is 21.1. The van der Waals surface area contributed by atoms with E-state index in [-0.39, 0.29) is 12.4 Å². The van der Waals surface area contributed by atoms with Crippen molar-refractivity contribution in [3.05, 3.63) is 96.3 Å². The Hall–Kier alpha value is -4.19. The summed E-state index contributed by atoms with van der Waals surface area (Å²) in [6.45, 7) is 1.76. The number of nitrogens with zero attached hydrogens (tertiary/aromatic N) is 3. The lowest BCUT2D eigenvalue weighted by Crippen LogP contribution is -1.98. The van der Waals surface area contributed by atoms with Crippen LogP contribution in [0.15, 0.2) is 85.1 Å². The highest BCUT2D eigenvalue weighted by Gasteiger charge is 2.08. The quantitative estimate of drug-likeness (QED) is 0.367. The predicted octanol–water partition coefficient (Wildman–Crippen LogP) is 5.12. The Bertz CT molecular complexity index is 1230. The summed E-state index contributed by atoms with van der Waals surface area (Å²) in [5.41, 5.74) is 4.78. The molecule has 0 atom stereocenters. The maximum absolute atomic E-state index is 11.1. The topological polar surface area (TPSA) is 66.2 Å². The minimum absolute atomic E-state index is 0.0120. The summed E-state index contributed by atoms with van der Waals surface area (Å²) in [5, 5.41) is 8.42. The average molecular weight is 425 g/mol. The number of ether oxygens (including phenoxy) is 2. The molecular formula is C26H23N3O3. The number of hydrogen-bond donors (Lipinski definition) is 0. The van der Waals surface area contributed by atoms with Gasteiger partial charge in [0, 0.05) is 0 Å². The van der Waals surface area contributed by atoms with Crippen LogP contribution in [0.3, 0.4) is 0 Å². The molecule has 0 aliphatic carbocycles. The summed E-state index contributed by atoms with van der Waals surface area (Å²) in [6.07, 6.45) is 5.09. The zero-order valence-corrected chi connectivity index (χ0v) is 17.9. The monoisotopic (exact) mass is 425 g/mol. The number of allylic oxidation sites excluding steroid dienone is 1. The highest BCUT2D eigenvalue weighted by Crippen LogP contribution is 2.29. The SMILES string of the molecule is COc1cc(/C=C/C(C)=O)ccc1OCc1cn(-c2ccc(-c3ccccc3)cc2)nn1. The summed E-state index contributed by atoms with van der Waals surface area (Å²) in [6, 6.07) is 23.9. The van der Waals surface area contributed by atoms with E-state index in [1.165, 1.54) is 18.6 Å². The van der Waals surface area contributed by atoms with E-state index in [2.05, 4.69) is 34.6 Å². The molecule has 0 fully saturated rings. The first-order chi connectivity index (χ1) is 15.6. The van der Waals surface area contributed by atoms with Gasteiger partial charge >= 0.3 is 0 Å². The normalized spacial score (nSPS) is 10.9. The molecule has 0 saturated carbocycles. The van der Waals surface area contributed by atoms with Gasteiger partial charge in [0.1, 0.15) is 12.3 Å². The van der Waals surface area contributed by atoms with Gasteiger partial charge in [0.25, 0.3) is 0 Å². The van der Waals surface area contributed by atoms with Crippen LogP contribution < -0.4 is 9.47 Å². The van der Waals surface area contributed by atoms with E-state index < -0.39 is 0 Å². The molecule has 1 aromatic heterocycles. The third-order valence-electron chi connectivity index (χ3n) is 4.85. The van der Waals surface area contributed by atoms with E-state index in [0.29, 0.717) is 17.2 Å². The fraction of sp³-hybridized carbons (Fsp3) is 0.115. The van der Waals surface area contributed by atoms with Crippen LogP contribution in [0.1, 0.15) is 18.2 Å². The van der Waals surface area contributed by atoms with Crippen LogP contribution >= 0.6 is 0 Å². The van der Waals surface area contributed by atoms with E-state index in [4.69, 9.17) is 9.47 Å². The van der Waals surface area contributed by atoms with Gasteiger partial charge in [-0.05, 0) is 54.0 Å². The molecule has 32 heavy (non-hydrogen) atoms. The third kappa shape index (κ3) is 5.10. The van der Waals surface area contributed by atoms with Crippen LogP contribution in [0.25, 0.3) is 22.9 Å². The molecule has 4 aromatic rings. The largest absolute Gasteiger partial charge is 0.493 e. The Morgan fingerprint density at radius 2 is 1.72 bits per heavy atom. The molecule has 0 aliphatic heterocycles.